The van der Waals surface area contributed by atoms with Crippen LogP contribution in [0.4, 0.5) is 4.39 Å². The first kappa shape index (κ1) is 23.9. The number of benzene rings is 2. The minimum atomic E-state index is -3.88. The largest absolute Gasteiger partial charge is 0.338 e. The van der Waals surface area contributed by atoms with E-state index in [2.05, 4.69) is 4.98 Å². The number of rotatable bonds is 8. The fourth-order valence-corrected chi connectivity index (χ4v) is 4.39. The SMILES string of the molecule is CC(Cc1ccc(S(=O)(=O)Cl)nc1)[C@H](Cc1ccccc1)N(C)C(=O)c1ccc(F)cc1. The Labute approximate surface area is 192 Å². The van der Waals surface area contributed by atoms with Gasteiger partial charge in [-0.2, -0.15) is 0 Å². The van der Waals surface area contributed by atoms with Crippen molar-refractivity contribution in [2.75, 3.05) is 7.05 Å². The highest BCUT2D eigenvalue weighted by Gasteiger charge is 2.27. The van der Waals surface area contributed by atoms with Crippen LogP contribution in [0.15, 0.2) is 78.0 Å². The van der Waals surface area contributed by atoms with Gasteiger partial charge in [0.25, 0.3) is 15.0 Å². The molecule has 1 unspecified atom stereocenters. The Morgan fingerprint density at radius 2 is 1.66 bits per heavy atom. The van der Waals surface area contributed by atoms with Crippen LogP contribution in [0.25, 0.3) is 0 Å². The van der Waals surface area contributed by atoms with Gasteiger partial charge >= 0.3 is 0 Å². The predicted molar refractivity (Wildman–Crippen MR) is 123 cm³/mol. The number of carbonyl (C=O) groups is 1. The summed E-state index contributed by atoms with van der Waals surface area (Å²) in [6.07, 6.45) is 2.70. The number of aromatic nitrogens is 1. The number of amides is 1. The summed E-state index contributed by atoms with van der Waals surface area (Å²) < 4.78 is 36.2. The molecule has 1 amide bonds. The zero-order valence-electron chi connectivity index (χ0n) is 17.8. The molecule has 0 N–H and O–H groups in total. The second-order valence-electron chi connectivity index (χ2n) is 7.80. The second-order valence-corrected chi connectivity index (χ2v) is 10.3. The zero-order valence-corrected chi connectivity index (χ0v) is 19.4. The van der Waals surface area contributed by atoms with E-state index in [0.29, 0.717) is 18.4 Å². The van der Waals surface area contributed by atoms with Gasteiger partial charge in [-0.25, -0.2) is 17.8 Å². The van der Waals surface area contributed by atoms with Crippen molar-refractivity contribution >= 4 is 25.6 Å². The molecule has 1 heterocycles. The first-order valence-corrected chi connectivity index (χ1v) is 12.4. The summed E-state index contributed by atoms with van der Waals surface area (Å²) in [5, 5.41) is -0.194. The Bertz CT molecular complexity index is 1150. The molecule has 0 saturated carbocycles. The lowest BCUT2D eigenvalue weighted by Crippen LogP contribution is -2.43. The van der Waals surface area contributed by atoms with Gasteiger partial charge in [-0.05, 0) is 60.2 Å². The maximum Gasteiger partial charge on any atom is 0.278 e. The van der Waals surface area contributed by atoms with Crippen LogP contribution in [0.2, 0.25) is 0 Å². The van der Waals surface area contributed by atoms with Gasteiger partial charge in [0.1, 0.15) is 5.82 Å². The van der Waals surface area contributed by atoms with Gasteiger partial charge in [0.15, 0.2) is 5.03 Å². The van der Waals surface area contributed by atoms with Gasteiger partial charge in [-0.15, -0.1) is 0 Å². The number of likely N-dealkylation sites (N-methyl/N-ethyl adjacent to an activating group) is 1. The summed E-state index contributed by atoms with van der Waals surface area (Å²) in [6.45, 7) is 2.04. The number of pyridine rings is 1. The van der Waals surface area contributed by atoms with E-state index in [1.807, 2.05) is 37.3 Å². The fourth-order valence-electron chi connectivity index (χ4n) is 3.71. The summed E-state index contributed by atoms with van der Waals surface area (Å²) in [4.78, 5) is 18.7. The molecular weight excluding hydrogens is 451 g/mol. The molecule has 1 aromatic heterocycles. The van der Waals surface area contributed by atoms with Crippen molar-refractivity contribution in [3.05, 3.63) is 95.4 Å². The summed E-state index contributed by atoms with van der Waals surface area (Å²) in [5.41, 5.74) is 2.34. The van der Waals surface area contributed by atoms with Crippen molar-refractivity contribution in [1.29, 1.82) is 0 Å². The number of carbonyl (C=O) groups excluding carboxylic acids is 1. The zero-order chi connectivity index (χ0) is 23.3. The molecule has 0 bridgehead atoms. The average molecular weight is 475 g/mol. The molecule has 8 heteroatoms. The maximum atomic E-state index is 13.3. The molecule has 2 aromatic carbocycles. The minimum Gasteiger partial charge on any atom is -0.338 e. The summed E-state index contributed by atoms with van der Waals surface area (Å²) >= 11 is 0. The molecular formula is C24H24ClFN2O3S. The van der Waals surface area contributed by atoms with Crippen molar-refractivity contribution in [2.45, 2.75) is 30.8 Å². The van der Waals surface area contributed by atoms with Gasteiger partial charge in [-0.3, -0.25) is 4.79 Å². The summed E-state index contributed by atoms with van der Waals surface area (Å²) in [7, 11) is 3.21. The predicted octanol–water partition coefficient (Wildman–Crippen LogP) is 4.71. The van der Waals surface area contributed by atoms with Gasteiger partial charge in [0.05, 0.1) is 0 Å². The molecule has 0 fully saturated rings. The van der Waals surface area contributed by atoms with Crippen LogP contribution in [0, 0.1) is 11.7 Å². The van der Waals surface area contributed by atoms with Gasteiger partial charge < -0.3 is 4.90 Å². The van der Waals surface area contributed by atoms with Gasteiger partial charge in [0, 0.05) is 35.5 Å². The quantitative estimate of drug-likeness (QED) is 0.443. The van der Waals surface area contributed by atoms with Crippen molar-refractivity contribution in [1.82, 2.24) is 9.88 Å². The molecule has 5 nitrogen and oxygen atoms in total. The van der Waals surface area contributed by atoms with E-state index in [-0.39, 0.29) is 22.9 Å². The fraction of sp³-hybridized carbons (Fsp3) is 0.250. The number of hydrogen-bond acceptors (Lipinski definition) is 4. The second kappa shape index (κ2) is 10.2. The first-order valence-electron chi connectivity index (χ1n) is 10.1. The van der Waals surface area contributed by atoms with Crippen molar-refractivity contribution < 1.29 is 17.6 Å². The molecule has 2 atom stereocenters. The standard InChI is InChI=1S/C24H24ClFN2O3S/c1-17(14-19-8-13-23(27-16-19)32(25,30)31)22(15-18-6-4-3-5-7-18)28(2)24(29)20-9-11-21(26)12-10-20/h3-13,16-17,22H,14-15H2,1-2H3/t17?,22-/m0/s1. The smallest absolute Gasteiger partial charge is 0.278 e. The Hall–Kier alpha value is -2.77. The molecule has 0 aliphatic rings. The average Bonchev–Trinajstić information content (AvgIpc) is 2.77. The molecule has 0 saturated heterocycles. The Morgan fingerprint density at radius 1 is 1.00 bits per heavy atom. The Kier molecular flexibility index (Phi) is 7.64. The Morgan fingerprint density at radius 3 is 2.22 bits per heavy atom. The van der Waals surface area contributed by atoms with Crippen LogP contribution in [-0.2, 0) is 21.9 Å². The molecule has 0 aliphatic carbocycles. The highest BCUT2D eigenvalue weighted by atomic mass is 35.7. The number of nitrogens with zero attached hydrogens (tertiary/aromatic N) is 2. The van der Waals surface area contributed by atoms with Crippen LogP contribution in [0.1, 0.15) is 28.4 Å². The topological polar surface area (TPSA) is 67.3 Å². The van der Waals surface area contributed by atoms with E-state index in [1.165, 1.54) is 36.5 Å². The Balaban J connectivity index is 1.84. The summed E-state index contributed by atoms with van der Waals surface area (Å²) in [5.74, 6) is -0.572. The van der Waals surface area contributed by atoms with E-state index in [0.717, 1.165) is 11.1 Å². The summed E-state index contributed by atoms with van der Waals surface area (Å²) in [6, 6.07) is 18.3. The molecule has 32 heavy (non-hydrogen) atoms. The lowest BCUT2D eigenvalue weighted by Gasteiger charge is -2.33. The van der Waals surface area contributed by atoms with E-state index in [1.54, 1.807) is 18.0 Å². The maximum absolute atomic E-state index is 13.3. The van der Waals surface area contributed by atoms with Crippen LogP contribution in [0.3, 0.4) is 0 Å². The van der Waals surface area contributed by atoms with E-state index < -0.39 is 14.9 Å². The van der Waals surface area contributed by atoms with Crippen LogP contribution in [-0.4, -0.2) is 37.3 Å². The van der Waals surface area contributed by atoms with E-state index in [9.17, 15) is 17.6 Å². The lowest BCUT2D eigenvalue weighted by atomic mass is 9.88. The molecule has 0 spiro atoms. The first-order chi connectivity index (χ1) is 15.1. The third kappa shape index (κ3) is 6.14. The molecule has 3 rings (SSSR count). The highest BCUT2D eigenvalue weighted by Crippen LogP contribution is 2.23. The number of hydrogen-bond donors (Lipinski definition) is 0. The van der Waals surface area contributed by atoms with Crippen LogP contribution >= 0.6 is 10.7 Å². The molecule has 0 aliphatic heterocycles. The van der Waals surface area contributed by atoms with Gasteiger partial charge in [0.2, 0.25) is 0 Å². The third-order valence-electron chi connectivity index (χ3n) is 5.46. The molecule has 168 valence electrons. The van der Waals surface area contributed by atoms with E-state index in [4.69, 9.17) is 10.7 Å². The molecule has 3 aromatic rings. The third-order valence-corrected chi connectivity index (χ3v) is 6.67. The van der Waals surface area contributed by atoms with Crippen molar-refractivity contribution in [3.63, 3.8) is 0 Å². The molecule has 0 radical (unpaired) electrons. The number of halogens is 2. The van der Waals surface area contributed by atoms with Crippen molar-refractivity contribution in [3.8, 4) is 0 Å². The normalized spacial score (nSPS) is 13.4. The minimum absolute atomic E-state index is 0.0184. The van der Waals surface area contributed by atoms with Crippen LogP contribution < -0.4 is 0 Å². The monoisotopic (exact) mass is 474 g/mol. The lowest BCUT2D eigenvalue weighted by molar-refractivity contribution is 0.0679. The highest BCUT2D eigenvalue weighted by molar-refractivity contribution is 8.13. The van der Waals surface area contributed by atoms with E-state index >= 15 is 0 Å². The van der Waals surface area contributed by atoms with Crippen LogP contribution in [0.5, 0.6) is 0 Å². The van der Waals surface area contributed by atoms with Gasteiger partial charge in [-0.1, -0.05) is 43.3 Å². The van der Waals surface area contributed by atoms with Crippen molar-refractivity contribution in [2.24, 2.45) is 5.92 Å².